The maximum absolute atomic E-state index is 10.8. The van der Waals surface area contributed by atoms with Crippen LogP contribution in [0.1, 0.15) is 16.1 Å². The molecule has 0 atom stereocenters. The quantitative estimate of drug-likeness (QED) is 0.788. The molecule has 3 rings (SSSR count). The fourth-order valence-corrected chi connectivity index (χ4v) is 1.98. The molecule has 1 N–H and O–H groups in total. The fraction of sp³-hybridized carbons (Fsp3) is 0. The highest BCUT2D eigenvalue weighted by molar-refractivity contribution is 5.88. The number of carboxylic acids is 1. The lowest BCUT2D eigenvalue weighted by Crippen LogP contribution is -1.95. The first-order valence-corrected chi connectivity index (χ1v) is 6.12. The Morgan fingerprint density at radius 1 is 1.14 bits per heavy atom. The smallest absolute Gasteiger partial charge is 0.335 e. The highest BCUT2D eigenvalue weighted by Gasteiger charge is 2.16. The molecule has 2 aromatic carbocycles. The Morgan fingerprint density at radius 3 is 2.52 bits per heavy atom. The van der Waals surface area contributed by atoms with E-state index in [1.165, 1.54) is 24.3 Å². The van der Waals surface area contributed by atoms with Gasteiger partial charge in [-0.25, -0.2) is 4.79 Å². The highest BCUT2D eigenvalue weighted by Crippen LogP contribution is 2.35. The van der Waals surface area contributed by atoms with Crippen molar-refractivity contribution < 1.29 is 19.1 Å². The molecule has 0 spiro atoms. The number of hydrogen-bond acceptors (Lipinski definition) is 4. The van der Waals surface area contributed by atoms with Crippen LogP contribution in [0, 0.1) is 11.3 Å². The molecule has 1 aromatic heterocycles. The van der Waals surface area contributed by atoms with Crippen molar-refractivity contribution in [2.45, 2.75) is 0 Å². The standard InChI is InChI=1S/C16H9NO4/c17-9-14-15(12-3-1-2-4-13(12)21-14)20-11-7-5-10(6-8-11)16(18)19/h1-8H,(H,18,19). The predicted octanol–water partition coefficient (Wildman–Crippen LogP) is 3.79. The Bertz CT molecular complexity index is 856. The Morgan fingerprint density at radius 2 is 1.86 bits per heavy atom. The lowest BCUT2D eigenvalue weighted by Gasteiger charge is -2.04. The van der Waals surface area contributed by atoms with Crippen molar-refractivity contribution in [2.24, 2.45) is 0 Å². The summed E-state index contributed by atoms with van der Waals surface area (Å²) in [6.45, 7) is 0. The monoisotopic (exact) mass is 279 g/mol. The van der Waals surface area contributed by atoms with Gasteiger partial charge in [-0.2, -0.15) is 5.26 Å². The number of nitrogens with zero attached hydrogens (tertiary/aromatic N) is 1. The van der Waals surface area contributed by atoms with Crippen LogP contribution in [0.2, 0.25) is 0 Å². The molecule has 0 saturated heterocycles. The van der Waals surface area contributed by atoms with E-state index in [1.807, 2.05) is 12.1 Å². The molecular weight excluding hydrogens is 270 g/mol. The Labute approximate surface area is 119 Å². The third-order valence-corrected chi connectivity index (χ3v) is 2.97. The van der Waals surface area contributed by atoms with E-state index in [9.17, 15) is 4.79 Å². The number of para-hydroxylation sites is 1. The van der Waals surface area contributed by atoms with Crippen LogP contribution in [0.15, 0.2) is 52.9 Å². The summed E-state index contributed by atoms with van der Waals surface area (Å²) >= 11 is 0. The van der Waals surface area contributed by atoms with Crippen LogP contribution in [0.5, 0.6) is 11.5 Å². The Kier molecular flexibility index (Phi) is 3.05. The number of aromatic carboxylic acids is 1. The number of carbonyl (C=O) groups is 1. The maximum atomic E-state index is 10.8. The number of carboxylic acid groups (broad SMARTS) is 1. The molecule has 21 heavy (non-hydrogen) atoms. The molecule has 0 saturated carbocycles. The summed E-state index contributed by atoms with van der Waals surface area (Å²) in [6, 6.07) is 15.1. The van der Waals surface area contributed by atoms with E-state index in [0.717, 1.165) is 0 Å². The lowest BCUT2D eigenvalue weighted by molar-refractivity contribution is 0.0697. The van der Waals surface area contributed by atoms with Crippen LogP contribution in [0.3, 0.4) is 0 Å². The van der Waals surface area contributed by atoms with Crippen LogP contribution < -0.4 is 4.74 Å². The summed E-state index contributed by atoms with van der Waals surface area (Å²) in [7, 11) is 0. The Hall–Kier alpha value is -3.26. The molecule has 0 aliphatic heterocycles. The van der Waals surface area contributed by atoms with Gasteiger partial charge < -0.3 is 14.3 Å². The minimum absolute atomic E-state index is 0.0820. The van der Waals surface area contributed by atoms with E-state index in [-0.39, 0.29) is 11.3 Å². The van der Waals surface area contributed by atoms with Crippen molar-refractivity contribution in [1.29, 1.82) is 5.26 Å². The second kappa shape index (κ2) is 5.02. The molecule has 0 amide bonds. The number of ether oxygens (including phenoxy) is 1. The van der Waals surface area contributed by atoms with Crippen molar-refractivity contribution in [3.8, 4) is 17.6 Å². The molecule has 5 nitrogen and oxygen atoms in total. The highest BCUT2D eigenvalue weighted by atomic mass is 16.5. The van der Waals surface area contributed by atoms with Crippen molar-refractivity contribution >= 4 is 16.9 Å². The normalized spacial score (nSPS) is 10.2. The third-order valence-electron chi connectivity index (χ3n) is 2.97. The van der Waals surface area contributed by atoms with Gasteiger partial charge >= 0.3 is 5.97 Å². The van der Waals surface area contributed by atoms with Gasteiger partial charge in [-0.1, -0.05) is 12.1 Å². The van der Waals surface area contributed by atoms with Gasteiger partial charge in [0.2, 0.25) is 5.76 Å². The van der Waals surface area contributed by atoms with Gasteiger partial charge in [0, 0.05) is 0 Å². The van der Waals surface area contributed by atoms with E-state index in [4.69, 9.17) is 19.5 Å². The fourth-order valence-electron chi connectivity index (χ4n) is 1.98. The van der Waals surface area contributed by atoms with Crippen LogP contribution in [0.4, 0.5) is 0 Å². The minimum Gasteiger partial charge on any atom is -0.478 e. The average Bonchev–Trinajstić information content (AvgIpc) is 2.86. The van der Waals surface area contributed by atoms with E-state index in [1.54, 1.807) is 18.2 Å². The molecular formula is C16H9NO4. The first-order chi connectivity index (χ1) is 10.2. The zero-order chi connectivity index (χ0) is 14.8. The summed E-state index contributed by atoms with van der Waals surface area (Å²) in [5, 5.41) is 18.7. The topological polar surface area (TPSA) is 83.5 Å². The van der Waals surface area contributed by atoms with Gasteiger partial charge in [-0.05, 0) is 36.4 Å². The summed E-state index contributed by atoms with van der Waals surface area (Å²) in [4.78, 5) is 10.8. The van der Waals surface area contributed by atoms with Crippen molar-refractivity contribution in [3.05, 3.63) is 59.9 Å². The van der Waals surface area contributed by atoms with E-state index in [2.05, 4.69) is 0 Å². The molecule has 0 bridgehead atoms. The SMILES string of the molecule is N#Cc1oc2ccccc2c1Oc1ccc(C(=O)O)cc1. The van der Waals surface area contributed by atoms with Gasteiger partial charge in [0.1, 0.15) is 17.4 Å². The minimum atomic E-state index is -1.01. The molecule has 0 fully saturated rings. The molecule has 102 valence electrons. The summed E-state index contributed by atoms with van der Waals surface area (Å²) in [5.74, 6) is -0.161. The van der Waals surface area contributed by atoms with Gasteiger partial charge in [-0.15, -0.1) is 0 Å². The van der Waals surface area contributed by atoms with Crippen LogP contribution in [0.25, 0.3) is 11.0 Å². The van der Waals surface area contributed by atoms with Gasteiger partial charge in [0.15, 0.2) is 5.75 Å². The van der Waals surface area contributed by atoms with E-state index in [0.29, 0.717) is 22.5 Å². The summed E-state index contributed by atoms with van der Waals surface area (Å²) in [6.07, 6.45) is 0. The second-order valence-electron chi connectivity index (χ2n) is 4.30. The third kappa shape index (κ3) is 2.30. The second-order valence-corrected chi connectivity index (χ2v) is 4.30. The Balaban J connectivity index is 2.01. The number of rotatable bonds is 3. The average molecular weight is 279 g/mol. The van der Waals surface area contributed by atoms with Gasteiger partial charge in [0.05, 0.1) is 10.9 Å². The zero-order valence-corrected chi connectivity index (χ0v) is 10.7. The summed E-state index contributed by atoms with van der Waals surface area (Å²) < 4.78 is 11.1. The molecule has 1 heterocycles. The molecule has 0 aliphatic carbocycles. The number of hydrogen-bond donors (Lipinski definition) is 1. The lowest BCUT2D eigenvalue weighted by atomic mass is 10.2. The number of nitriles is 1. The first kappa shape index (κ1) is 12.8. The number of fused-ring (bicyclic) bond motifs is 1. The van der Waals surface area contributed by atoms with E-state index >= 15 is 0 Å². The van der Waals surface area contributed by atoms with Gasteiger partial charge in [-0.3, -0.25) is 0 Å². The number of benzene rings is 2. The molecule has 5 heteroatoms. The van der Waals surface area contributed by atoms with Crippen molar-refractivity contribution in [3.63, 3.8) is 0 Å². The summed E-state index contributed by atoms with van der Waals surface area (Å²) in [5.41, 5.74) is 0.728. The molecule has 3 aromatic rings. The largest absolute Gasteiger partial charge is 0.478 e. The molecule has 0 unspecified atom stereocenters. The van der Waals surface area contributed by atoms with Crippen LogP contribution in [-0.2, 0) is 0 Å². The molecule has 0 radical (unpaired) electrons. The zero-order valence-electron chi connectivity index (χ0n) is 10.7. The molecule has 0 aliphatic rings. The first-order valence-electron chi connectivity index (χ1n) is 6.12. The van der Waals surface area contributed by atoms with Crippen LogP contribution in [-0.4, -0.2) is 11.1 Å². The predicted molar refractivity (Wildman–Crippen MR) is 74.4 cm³/mol. The van der Waals surface area contributed by atoms with Crippen LogP contribution >= 0.6 is 0 Å². The van der Waals surface area contributed by atoms with Crippen molar-refractivity contribution in [1.82, 2.24) is 0 Å². The number of furan rings is 1. The van der Waals surface area contributed by atoms with Crippen molar-refractivity contribution in [2.75, 3.05) is 0 Å². The van der Waals surface area contributed by atoms with Gasteiger partial charge in [0.25, 0.3) is 0 Å². The van der Waals surface area contributed by atoms with E-state index < -0.39 is 5.97 Å². The maximum Gasteiger partial charge on any atom is 0.335 e.